The number of benzene rings is 1. The van der Waals surface area contributed by atoms with Gasteiger partial charge in [0.25, 0.3) is 0 Å². The van der Waals surface area contributed by atoms with Crippen molar-refractivity contribution in [2.75, 3.05) is 0 Å². The fraction of sp³-hybridized carbons (Fsp3) is 0.222. The van der Waals surface area contributed by atoms with Gasteiger partial charge in [0.1, 0.15) is 11.6 Å². The molecule has 76 valence electrons. The van der Waals surface area contributed by atoms with E-state index in [1.165, 1.54) is 18.2 Å². The molecule has 1 aromatic rings. The van der Waals surface area contributed by atoms with Crippen LogP contribution in [0.3, 0.4) is 0 Å². The van der Waals surface area contributed by atoms with Crippen LogP contribution in [0.2, 0.25) is 0 Å². The zero-order chi connectivity index (χ0) is 10.7. The zero-order valence-electron chi connectivity index (χ0n) is 7.74. The summed E-state index contributed by atoms with van der Waals surface area (Å²) in [5.41, 5.74) is 10.7. The lowest BCUT2D eigenvalue weighted by molar-refractivity contribution is 0.461. The van der Waals surface area contributed by atoms with Gasteiger partial charge in [-0.2, -0.15) is 0 Å². The molecule has 0 spiro atoms. The second-order valence-corrected chi connectivity index (χ2v) is 2.93. The van der Waals surface area contributed by atoms with Gasteiger partial charge >= 0.3 is 0 Å². The third-order valence-electron chi connectivity index (χ3n) is 1.78. The van der Waals surface area contributed by atoms with Crippen LogP contribution < -0.4 is 11.5 Å². The lowest BCUT2D eigenvalue weighted by Gasteiger charge is -2.09. The van der Waals surface area contributed by atoms with Crippen molar-refractivity contribution in [3.63, 3.8) is 0 Å². The third-order valence-corrected chi connectivity index (χ3v) is 1.78. The highest BCUT2D eigenvalue weighted by molar-refractivity contribution is 5.76. The summed E-state index contributed by atoms with van der Waals surface area (Å²) in [6.07, 6.45) is 0. The van der Waals surface area contributed by atoms with Gasteiger partial charge in [0, 0.05) is 5.56 Å². The van der Waals surface area contributed by atoms with E-state index in [0.717, 1.165) is 0 Å². The van der Waals surface area contributed by atoms with E-state index < -0.39 is 11.9 Å². The molecule has 0 heterocycles. The van der Waals surface area contributed by atoms with Crippen LogP contribution >= 0.6 is 0 Å². The van der Waals surface area contributed by atoms with Crippen molar-refractivity contribution in [2.24, 2.45) is 16.5 Å². The highest BCUT2D eigenvalue weighted by atomic mass is 19.1. The Labute approximate surface area is 81.1 Å². The van der Waals surface area contributed by atoms with Crippen LogP contribution in [0.5, 0.6) is 5.75 Å². The van der Waals surface area contributed by atoms with Gasteiger partial charge in [0.15, 0.2) is 5.96 Å². The Morgan fingerprint density at radius 1 is 1.50 bits per heavy atom. The molecular formula is C9H12FN3O. The lowest BCUT2D eigenvalue weighted by Crippen LogP contribution is -2.23. The van der Waals surface area contributed by atoms with Crippen LogP contribution in [0, 0.1) is 5.82 Å². The summed E-state index contributed by atoms with van der Waals surface area (Å²) in [5.74, 6) is -0.555. The molecule has 5 N–H and O–H groups in total. The molecule has 0 bridgehead atoms. The summed E-state index contributed by atoms with van der Waals surface area (Å²) in [5, 5.41) is 9.40. The molecule has 0 aromatic heterocycles. The maximum absolute atomic E-state index is 12.8. The van der Waals surface area contributed by atoms with Crippen LogP contribution in [0.1, 0.15) is 18.5 Å². The minimum absolute atomic E-state index is 0.0242. The molecule has 4 nitrogen and oxygen atoms in total. The maximum Gasteiger partial charge on any atom is 0.186 e. The summed E-state index contributed by atoms with van der Waals surface area (Å²) in [7, 11) is 0. The van der Waals surface area contributed by atoms with Gasteiger partial charge in [-0.15, -0.1) is 0 Å². The van der Waals surface area contributed by atoms with Gasteiger partial charge in [0.2, 0.25) is 0 Å². The molecule has 1 atom stereocenters. The number of aromatic hydroxyl groups is 1. The number of phenolic OH excluding ortho intramolecular Hbond substituents is 1. The number of halogens is 1. The van der Waals surface area contributed by atoms with Gasteiger partial charge in [-0.3, -0.25) is 0 Å². The predicted molar refractivity (Wildman–Crippen MR) is 52.3 cm³/mol. The van der Waals surface area contributed by atoms with E-state index in [0.29, 0.717) is 5.56 Å². The molecule has 0 saturated carbocycles. The molecule has 14 heavy (non-hydrogen) atoms. The van der Waals surface area contributed by atoms with Crippen molar-refractivity contribution in [1.82, 2.24) is 0 Å². The summed E-state index contributed by atoms with van der Waals surface area (Å²) < 4.78 is 12.8. The molecule has 1 aromatic carbocycles. The first-order valence-electron chi connectivity index (χ1n) is 4.08. The molecule has 0 saturated heterocycles. The van der Waals surface area contributed by atoms with Crippen molar-refractivity contribution in [1.29, 1.82) is 0 Å². The molecule has 0 radical (unpaired) electrons. The number of phenols is 1. The van der Waals surface area contributed by atoms with Gasteiger partial charge in [0.05, 0.1) is 6.04 Å². The number of rotatable bonds is 2. The molecule has 0 aliphatic heterocycles. The summed E-state index contributed by atoms with van der Waals surface area (Å²) in [6, 6.07) is 3.17. The molecule has 0 fully saturated rings. The molecule has 0 aliphatic carbocycles. The quantitative estimate of drug-likeness (QED) is 0.485. The highest BCUT2D eigenvalue weighted by Crippen LogP contribution is 2.26. The van der Waals surface area contributed by atoms with Gasteiger partial charge in [-0.1, -0.05) is 0 Å². The number of hydrogen-bond donors (Lipinski definition) is 3. The molecule has 0 amide bonds. The third kappa shape index (κ3) is 2.35. The van der Waals surface area contributed by atoms with Crippen LogP contribution in [-0.2, 0) is 0 Å². The van der Waals surface area contributed by atoms with Crippen molar-refractivity contribution in [3.8, 4) is 5.75 Å². The fourth-order valence-electron chi connectivity index (χ4n) is 1.15. The lowest BCUT2D eigenvalue weighted by atomic mass is 10.1. The zero-order valence-corrected chi connectivity index (χ0v) is 7.74. The van der Waals surface area contributed by atoms with E-state index in [4.69, 9.17) is 11.5 Å². The van der Waals surface area contributed by atoms with Crippen LogP contribution in [0.25, 0.3) is 0 Å². The first-order valence-corrected chi connectivity index (χ1v) is 4.08. The Bertz CT molecular complexity index is 361. The minimum Gasteiger partial charge on any atom is -0.508 e. The smallest absolute Gasteiger partial charge is 0.186 e. The Balaban J connectivity index is 3.05. The van der Waals surface area contributed by atoms with E-state index in [1.807, 2.05) is 0 Å². The monoisotopic (exact) mass is 197 g/mol. The number of nitrogens with two attached hydrogens (primary N) is 2. The Kier molecular flexibility index (Phi) is 2.91. The Hall–Kier alpha value is -1.78. The van der Waals surface area contributed by atoms with Crippen molar-refractivity contribution >= 4 is 5.96 Å². The largest absolute Gasteiger partial charge is 0.508 e. The first-order chi connectivity index (χ1) is 6.50. The van der Waals surface area contributed by atoms with Crippen molar-refractivity contribution in [2.45, 2.75) is 13.0 Å². The number of aliphatic imine (C=N–C) groups is 1. The van der Waals surface area contributed by atoms with Crippen molar-refractivity contribution in [3.05, 3.63) is 29.6 Å². The van der Waals surface area contributed by atoms with E-state index in [1.54, 1.807) is 6.92 Å². The average molecular weight is 197 g/mol. The molecule has 5 heteroatoms. The van der Waals surface area contributed by atoms with Crippen molar-refractivity contribution < 1.29 is 9.50 Å². The van der Waals surface area contributed by atoms with Crippen LogP contribution in [0.15, 0.2) is 23.2 Å². The average Bonchev–Trinajstić information content (AvgIpc) is 2.08. The highest BCUT2D eigenvalue weighted by Gasteiger charge is 2.10. The number of hydrogen-bond acceptors (Lipinski definition) is 2. The van der Waals surface area contributed by atoms with Gasteiger partial charge in [-0.25, -0.2) is 9.38 Å². The standard InChI is InChI=1S/C9H12FN3O/c1-5(13-9(11)12)7-4-6(10)2-3-8(7)14/h2-5,14H,1H3,(H4,11,12,13)/t5-/m1/s1. The molecule has 1 rings (SSSR count). The first kappa shape index (κ1) is 10.3. The minimum atomic E-state index is -0.462. The Morgan fingerprint density at radius 3 is 2.71 bits per heavy atom. The maximum atomic E-state index is 12.8. The topological polar surface area (TPSA) is 84.6 Å². The molecular weight excluding hydrogens is 185 g/mol. The van der Waals surface area contributed by atoms with Crippen LogP contribution in [0.4, 0.5) is 4.39 Å². The van der Waals surface area contributed by atoms with Gasteiger partial charge in [-0.05, 0) is 25.1 Å². The summed E-state index contributed by atoms with van der Waals surface area (Å²) in [6.45, 7) is 1.66. The van der Waals surface area contributed by atoms with E-state index >= 15 is 0 Å². The molecule has 0 aliphatic rings. The number of guanidine groups is 1. The number of nitrogens with zero attached hydrogens (tertiary/aromatic N) is 1. The second-order valence-electron chi connectivity index (χ2n) is 2.93. The van der Waals surface area contributed by atoms with E-state index in [9.17, 15) is 9.50 Å². The predicted octanol–water partition coefficient (Wildman–Crippen LogP) is 0.866. The molecule has 0 unspecified atom stereocenters. The normalized spacial score (nSPS) is 12.1. The SMILES string of the molecule is C[C@@H](N=C(N)N)c1cc(F)ccc1O. The van der Waals surface area contributed by atoms with E-state index in [2.05, 4.69) is 4.99 Å². The second kappa shape index (κ2) is 3.95. The van der Waals surface area contributed by atoms with E-state index in [-0.39, 0.29) is 11.7 Å². The van der Waals surface area contributed by atoms with Gasteiger partial charge < -0.3 is 16.6 Å². The Morgan fingerprint density at radius 2 is 2.14 bits per heavy atom. The summed E-state index contributed by atoms with van der Waals surface area (Å²) in [4.78, 5) is 3.80. The fourth-order valence-corrected chi connectivity index (χ4v) is 1.15. The summed E-state index contributed by atoms with van der Waals surface area (Å²) >= 11 is 0. The van der Waals surface area contributed by atoms with Crippen LogP contribution in [-0.4, -0.2) is 11.1 Å².